The van der Waals surface area contributed by atoms with Crippen LogP contribution in [-0.4, -0.2) is 49.6 Å². The van der Waals surface area contributed by atoms with Gasteiger partial charge < -0.3 is 10.6 Å². The van der Waals surface area contributed by atoms with Crippen molar-refractivity contribution in [3.8, 4) is 6.07 Å². The van der Waals surface area contributed by atoms with Gasteiger partial charge in [0.1, 0.15) is 0 Å². The molecule has 0 spiro atoms. The first-order valence-corrected chi connectivity index (χ1v) is 5.85. The fourth-order valence-corrected chi connectivity index (χ4v) is 1.75. The third kappa shape index (κ3) is 4.60. The Morgan fingerprint density at radius 1 is 1.56 bits per heavy atom. The summed E-state index contributed by atoms with van der Waals surface area (Å²) in [6.07, 6.45) is 1.20. The summed E-state index contributed by atoms with van der Waals surface area (Å²) in [5.41, 5.74) is 0. The second-order valence-corrected chi connectivity index (χ2v) is 4.06. The summed E-state index contributed by atoms with van der Waals surface area (Å²) in [5.74, 6) is 0.0315. The van der Waals surface area contributed by atoms with Gasteiger partial charge in [0.15, 0.2) is 0 Å². The number of rotatable bonds is 5. The summed E-state index contributed by atoms with van der Waals surface area (Å²) in [6.45, 7) is 6.16. The first-order valence-electron chi connectivity index (χ1n) is 5.85. The maximum atomic E-state index is 11.7. The molecule has 0 aromatic heterocycles. The van der Waals surface area contributed by atoms with E-state index in [2.05, 4.69) is 21.6 Å². The van der Waals surface area contributed by atoms with E-state index < -0.39 is 0 Å². The number of hydrogen-bond donors (Lipinski definition) is 2. The lowest BCUT2D eigenvalue weighted by Gasteiger charge is -2.27. The molecule has 0 radical (unpaired) electrons. The average molecular weight is 224 g/mol. The Kier molecular flexibility index (Phi) is 5.83. The number of hydrogen-bond acceptors (Lipinski definition) is 4. The number of nitriles is 1. The minimum Gasteiger partial charge on any atom is -0.351 e. The molecule has 1 aliphatic rings. The molecule has 1 aliphatic heterocycles. The second kappa shape index (κ2) is 7.20. The van der Waals surface area contributed by atoms with Gasteiger partial charge >= 0.3 is 0 Å². The average Bonchev–Trinajstić information content (AvgIpc) is 2.29. The fourth-order valence-electron chi connectivity index (χ4n) is 1.75. The molecule has 1 fully saturated rings. The van der Waals surface area contributed by atoms with Crippen LogP contribution >= 0.6 is 0 Å². The topological polar surface area (TPSA) is 68.2 Å². The third-order valence-corrected chi connectivity index (χ3v) is 2.77. The Morgan fingerprint density at radius 2 is 2.25 bits per heavy atom. The van der Waals surface area contributed by atoms with Crippen molar-refractivity contribution in [1.82, 2.24) is 15.5 Å². The van der Waals surface area contributed by atoms with E-state index in [0.29, 0.717) is 13.0 Å². The van der Waals surface area contributed by atoms with Crippen molar-refractivity contribution in [3.63, 3.8) is 0 Å². The summed E-state index contributed by atoms with van der Waals surface area (Å²) in [4.78, 5) is 13.8. The molecule has 1 saturated heterocycles. The first-order chi connectivity index (χ1) is 7.76. The molecule has 1 amide bonds. The number of nitrogens with one attached hydrogen (secondary N) is 2. The standard InChI is InChI=1S/C11H20N4O/c1-2-10(3-4-12)14-11(16)9-15-7-5-13-6-8-15/h10,13H,2-3,5-9H2,1H3,(H,14,16). The number of carbonyl (C=O) groups is 1. The largest absolute Gasteiger partial charge is 0.351 e. The van der Waals surface area contributed by atoms with E-state index >= 15 is 0 Å². The van der Waals surface area contributed by atoms with Gasteiger partial charge in [0.05, 0.1) is 19.0 Å². The minimum absolute atomic E-state index is 0.000385. The molecule has 0 aromatic rings. The highest BCUT2D eigenvalue weighted by Crippen LogP contribution is 1.97. The maximum absolute atomic E-state index is 11.7. The molecular weight excluding hydrogens is 204 g/mol. The maximum Gasteiger partial charge on any atom is 0.234 e. The van der Waals surface area contributed by atoms with Gasteiger partial charge in [-0.1, -0.05) is 6.92 Å². The molecule has 0 bridgehead atoms. The highest BCUT2D eigenvalue weighted by molar-refractivity contribution is 5.78. The monoisotopic (exact) mass is 224 g/mol. The SMILES string of the molecule is CCC(CC#N)NC(=O)CN1CCNCC1. The van der Waals surface area contributed by atoms with Crippen LogP contribution in [0.1, 0.15) is 19.8 Å². The lowest BCUT2D eigenvalue weighted by molar-refractivity contribution is -0.123. The smallest absolute Gasteiger partial charge is 0.234 e. The zero-order valence-electron chi connectivity index (χ0n) is 9.83. The van der Waals surface area contributed by atoms with Crippen LogP contribution in [0.15, 0.2) is 0 Å². The van der Waals surface area contributed by atoms with Gasteiger partial charge in [-0.05, 0) is 6.42 Å². The summed E-state index contributed by atoms with van der Waals surface area (Å²) in [6, 6.07) is 2.09. The van der Waals surface area contributed by atoms with Crippen molar-refractivity contribution in [2.45, 2.75) is 25.8 Å². The van der Waals surface area contributed by atoms with E-state index in [4.69, 9.17) is 5.26 Å². The van der Waals surface area contributed by atoms with Crippen LogP contribution in [0.25, 0.3) is 0 Å². The Hall–Kier alpha value is -1.12. The number of piperazine rings is 1. The van der Waals surface area contributed by atoms with E-state index in [1.54, 1.807) is 0 Å². The van der Waals surface area contributed by atoms with Gasteiger partial charge in [-0.3, -0.25) is 9.69 Å². The van der Waals surface area contributed by atoms with Crippen molar-refractivity contribution in [1.29, 1.82) is 5.26 Å². The van der Waals surface area contributed by atoms with Crippen LogP contribution in [0, 0.1) is 11.3 Å². The number of nitrogens with zero attached hydrogens (tertiary/aromatic N) is 2. The summed E-state index contributed by atoms with van der Waals surface area (Å²) >= 11 is 0. The molecule has 1 atom stereocenters. The predicted octanol–water partition coefficient (Wildman–Crippen LogP) is -0.300. The Balaban J connectivity index is 2.25. The van der Waals surface area contributed by atoms with Crippen LogP contribution < -0.4 is 10.6 Å². The minimum atomic E-state index is 0.000385. The fraction of sp³-hybridized carbons (Fsp3) is 0.818. The zero-order valence-corrected chi connectivity index (χ0v) is 9.83. The van der Waals surface area contributed by atoms with E-state index in [1.165, 1.54) is 0 Å². The molecule has 1 heterocycles. The van der Waals surface area contributed by atoms with Crippen molar-refractivity contribution in [3.05, 3.63) is 0 Å². The number of amides is 1. The highest BCUT2D eigenvalue weighted by Gasteiger charge is 2.15. The third-order valence-electron chi connectivity index (χ3n) is 2.77. The summed E-state index contributed by atoms with van der Waals surface area (Å²) in [5, 5.41) is 14.7. The molecule has 0 aromatic carbocycles. The van der Waals surface area contributed by atoms with Gasteiger partial charge in [-0.15, -0.1) is 0 Å². The summed E-state index contributed by atoms with van der Waals surface area (Å²) in [7, 11) is 0. The lowest BCUT2D eigenvalue weighted by Crippen LogP contribution is -2.48. The van der Waals surface area contributed by atoms with Crippen molar-refractivity contribution >= 4 is 5.91 Å². The molecule has 16 heavy (non-hydrogen) atoms. The second-order valence-electron chi connectivity index (χ2n) is 4.06. The normalized spacial score (nSPS) is 18.8. The van der Waals surface area contributed by atoms with Gasteiger partial charge in [-0.2, -0.15) is 5.26 Å². The van der Waals surface area contributed by atoms with Gasteiger partial charge in [-0.25, -0.2) is 0 Å². The van der Waals surface area contributed by atoms with E-state index in [-0.39, 0.29) is 11.9 Å². The van der Waals surface area contributed by atoms with Crippen LogP contribution in [-0.2, 0) is 4.79 Å². The Bertz CT molecular complexity index is 255. The summed E-state index contributed by atoms with van der Waals surface area (Å²) < 4.78 is 0. The van der Waals surface area contributed by atoms with Crippen molar-refractivity contribution in [2.24, 2.45) is 0 Å². The van der Waals surface area contributed by atoms with Crippen molar-refractivity contribution < 1.29 is 4.79 Å². The van der Waals surface area contributed by atoms with Gasteiger partial charge in [0, 0.05) is 32.2 Å². The highest BCUT2D eigenvalue weighted by atomic mass is 16.2. The van der Waals surface area contributed by atoms with Crippen molar-refractivity contribution in [2.75, 3.05) is 32.7 Å². The van der Waals surface area contributed by atoms with Crippen LogP contribution in [0.3, 0.4) is 0 Å². The molecule has 5 nitrogen and oxygen atoms in total. The van der Waals surface area contributed by atoms with E-state index in [0.717, 1.165) is 32.6 Å². The van der Waals surface area contributed by atoms with Crippen LogP contribution in [0.4, 0.5) is 0 Å². The Morgan fingerprint density at radius 3 is 2.81 bits per heavy atom. The van der Waals surface area contributed by atoms with E-state index in [1.807, 2.05) is 6.92 Å². The lowest BCUT2D eigenvalue weighted by atomic mass is 10.1. The number of carbonyl (C=O) groups excluding carboxylic acids is 1. The van der Waals surface area contributed by atoms with E-state index in [9.17, 15) is 4.79 Å². The Labute approximate surface area is 96.8 Å². The molecule has 2 N–H and O–H groups in total. The molecule has 1 rings (SSSR count). The predicted molar refractivity (Wildman–Crippen MR) is 61.8 cm³/mol. The van der Waals surface area contributed by atoms with Crippen LogP contribution in [0.5, 0.6) is 0 Å². The molecule has 1 unspecified atom stereocenters. The van der Waals surface area contributed by atoms with Crippen LogP contribution in [0.2, 0.25) is 0 Å². The van der Waals surface area contributed by atoms with Gasteiger partial charge in [0.25, 0.3) is 0 Å². The van der Waals surface area contributed by atoms with Gasteiger partial charge in [0.2, 0.25) is 5.91 Å². The molecule has 90 valence electrons. The quantitative estimate of drug-likeness (QED) is 0.673. The first kappa shape index (κ1) is 12.9. The molecule has 5 heteroatoms. The zero-order chi connectivity index (χ0) is 11.8. The molecule has 0 saturated carbocycles. The molecule has 0 aliphatic carbocycles. The molecular formula is C11H20N4O.